The number of rotatable bonds is 6. The average molecular weight is 397 g/mol. The van der Waals surface area contributed by atoms with Crippen molar-refractivity contribution in [1.29, 1.82) is 0 Å². The summed E-state index contributed by atoms with van der Waals surface area (Å²) in [7, 11) is 0. The Bertz CT molecular complexity index is 1180. The summed E-state index contributed by atoms with van der Waals surface area (Å²) in [5.41, 5.74) is 4.64. The molecule has 4 rings (SSSR count). The number of amides is 2. The minimum absolute atomic E-state index is 0.244. The Morgan fingerprint density at radius 1 is 0.900 bits per heavy atom. The van der Waals surface area contributed by atoms with Crippen molar-refractivity contribution in [2.45, 2.75) is 19.4 Å². The van der Waals surface area contributed by atoms with Crippen molar-refractivity contribution in [3.63, 3.8) is 0 Å². The summed E-state index contributed by atoms with van der Waals surface area (Å²) in [5, 5.41) is 6.85. The lowest BCUT2D eigenvalue weighted by Gasteiger charge is -2.19. The standard InChI is InChI=1S/C25H23N3O2/c1-17(29)27-24(15-19-16-26-22-13-7-5-12-21(19)22)25(30)28-23-14-8-6-11-20(23)18-9-3-2-4-10-18/h2-14,16,24,26H,15H2,1H3,(H,27,29)(H,28,30)/t24-/m0/s1. The van der Waals surface area contributed by atoms with Crippen LogP contribution in [0.3, 0.4) is 0 Å². The third-order valence-electron chi connectivity index (χ3n) is 5.06. The Labute approximate surface area is 175 Å². The van der Waals surface area contributed by atoms with Gasteiger partial charge in [-0.25, -0.2) is 0 Å². The van der Waals surface area contributed by atoms with E-state index in [1.165, 1.54) is 6.92 Å². The van der Waals surface area contributed by atoms with Crippen molar-refractivity contribution in [3.8, 4) is 11.1 Å². The largest absolute Gasteiger partial charge is 0.361 e. The van der Waals surface area contributed by atoms with Crippen LogP contribution in [0.4, 0.5) is 5.69 Å². The van der Waals surface area contributed by atoms with E-state index in [2.05, 4.69) is 15.6 Å². The SMILES string of the molecule is CC(=O)N[C@@H](Cc1c[nH]c2ccccc12)C(=O)Nc1ccccc1-c1ccccc1. The number of hydrogen-bond acceptors (Lipinski definition) is 2. The number of nitrogens with one attached hydrogen (secondary N) is 3. The smallest absolute Gasteiger partial charge is 0.247 e. The maximum atomic E-state index is 13.2. The van der Waals surface area contributed by atoms with Crippen LogP contribution in [0.5, 0.6) is 0 Å². The molecule has 3 N–H and O–H groups in total. The van der Waals surface area contributed by atoms with E-state index < -0.39 is 6.04 Å². The molecular formula is C25H23N3O2. The topological polar surface area (TPSA) is 74.0 Å². The van der Waals surface area contributed by atoms with Gasteiger partial charge in [-0.05, 0) is 23.3 Å². The summed E-state index contributed by atoms with van der Waals surface area (Å²) in [6.07, 6.45) is 2.29. The molecule has 150 valence electrons. The highest BCUT2D eigenvalue weighted by Gasteiger charge is 2.22. The fourth-order valence-electron chi connectivity index (χ4n) is 3.66. The number of para-hydroxylation sites is 2. The van der Waals surface area contributed by atoms with Crippen LogP contribution >= 0.6 is 0 Å². The van der Waals surface area contributed by atoms with Crippen molar-refractivity contribution in [2.24, 2.45) is 0 Å². The average Bonchev–Trinajstić information content (AvgIpc) is 3.17. The summed E-state index contributed by atoms with van der Waals surface area (Å²) in [5.74, 6) is -0.495. The molecule has 0 saturated heterocycles. The Morgan fingerprint density at radius 3 is 2.40 bits per heavy atom. The van der Waals surface area contributed by atoms with Crippen LogP contribution < -0.4 is 10.6 Å². The summed E-state index contributed by atoms with van der Waals surface area (Å²) in [6, 6.07) is 24.8. The highest BCUT2D eigenvalue weighted by atomic mass is 16.2. The maximum absolute atomic E-state index is 13.2. The van der Waals surface area contributed by atoms with Crippen LogP contribution in [0.25, 0.3) is 22.0 Å². The molecule has 4 aromatic rings. The summed E-state index contributed by atoms with van der Waals surface area (Å²) in [4.78, 5) is 28.2. The van der Waals surface area contributed by atoms with Gasteiger partial charge in [0.15, 0.2) is 0 Å². The van der Waals surface area contributed by atoms with E-state index in [1.54, 1.807) is 0 Å². The van der Waals surface area contributed by atoms with E-state index in [0.717, 1.165) is 27.6 Å². The number of hydrogen-bond donors (Lipinski definition) is 3. The van der Waals surface area contributed by atoms with Gasteiger partial charge in [-0.3, -0.25) is 9.59 Å². The number of aromatic amines is 1. The lowest BCUT2D eigenvalue weighted by Crippen LogP contribution is -2.44. The van der Waals surface area contributed by atoms with Gasteiger partial charge in [0, 0.05) is 41.7 Å². The minimum Gasteiger partial charge on any atom is -0.361 e. The normalized spacial score (nSPS) is 11.8. The van der Waals surface area contributed by atoms with Gasteiger partial charge in [0.05, 0.1) is 0 Å². The first-order valence-corrected chi connectivity index (χ1v) is 9.89. The van der Waals surface area contributed by atoms with Crippen LogP contribution in [0.15, 0.2) is 85.1 Å². The van der Waals surface area contributed by atoms with E-state index in [4.69, 9.17) is 0 Å². The van der Waals surface area contributed by atoms with Crippen molar-refractivity contribution >= 4 is 28.4 Å². The first kappa shape index (κ1) is 19.5. The van der Waals surface area contributed by atoms with Crippen molar-refractivity contribution < 1.29 is 9.59 Å². The van der Waals surface area contributed by atoms with Gasteiger partial charge in [-0.2, -0.15) is 0 Å². The van der Waals surface area contributed by atoms with E-state index in [0.29, 0.717) is 12.1 Å². The fourth-order valence-corrected chi connectivity index (χ4v) is 3.66. The molecule has 0 aliphatic carbocycles. The highest BCUT2D eigenvalue weighted by molar-refractivity contribution is 6.00. The second kappa shape index (κ2) is 8.66. The Balaban J connectivity index is 1.60. The minimum atomic E-state index is -0.689. The molecule has 0 saturated carbocycles. The first-order chi connectivity index (χ1) is 14.6. The predicted octanol–water partition coefficient (Wildman–Crippen LogP) is 4.52. The van der Waals surface area contributed by atoms with E-state index in [-0.39, 0.29) is 11.8 Å². The van der Waals surface area contributed by atoms with Crippen molar-refractivity contribution in [1.82, 2.24) is 10.3 Å². The summed E-state index contributed by atoms with van der Waals surface area (Å²) in [6.45, 7) is 1.42. The highest BCUT2D eigenvalue weighted by Crippen LogP contribution is 2.28. The zero-order chi connectivity index (χ0) is 20.9. The zero-order valence-electron chi connectivity index (χ0n) is 16.7. The number of fused-ring (bicyclic) bond motifs is 1. The van der Waals surface area contributed by atoms with Crippen LogP contribution in [0.1, 0.15) is 12.5 Å². The van der Waals surface area contributed by atoms with Crippen LogP contribution in [0, 0.1) is 0 Å². The van der Waals surface area contributed by atoms with E-state index >= 15 is 0 Å². The van der Waals surface area contributed by atoms with Crippen LogP contribution in [0.2, 0.25) is 0 Å². The van der Waals surface area contributed by atoms with Gasteiger partial charge in [0.25, 0.3) is 0 Å². The van der Waals surface area contributed by atoms with Gasteiger partial charge in [0.1, 0.15) is 6.04 Å². The lowest BCUT2D eigenvalue weighted by atomic mass is 10.0. The summed E-state index contributed by atoms with van der Waals surface area (Å²) >= 11 is 0. The first-order valence-electron chi connectivity index (χ1n) is 9.89. The molecule has 0 aliphatic rings. The molecule has 0 unspecified atom stereocenters. The third kappa shape index (κ3) is 4.25. The second-order valence-electron chi connectivity index (χ2n) is 7.22. The molecule has 1 heterocycles. The molecule has 1 atom stereocenters. The van der Waals surface area contributed by atoms with Gasteiger partial charge in [0.2, 0.25) is 11.8 Å². The molecular weight excluding hydrogens is 374 g/mol. The number of carbonyl (C=O) groups is 2. The molecule has 0 radical (unpaired) electrons. The number of anilines is 1. The lowest BCUT2D eigenvalue weighted by molar-refractivity contribution is -0.125. The Morgan fingerprint density at radius 2 is 1.60 bits per heavy atom. The fraction of sp³-hybridized carbons (Fsp3) is 0.120. The number of carbonyl (C=O) groups excluding carboxylic acids is 2. The molecule has 0 fully saturated rings. The van der Waals surface area contributed by atoms with Gasteiger partial charge >= 0.3 is 0 Å². The van der Waals surface area contributed by atoms with Crippen molar-refractivity contribution in [2.75, 3.05) is 5.32 Å². The van der Waals surface area contributed by atoms with Gasteiger partial charge in [-0.1, -0.05) is 66.7 Å². The number of aromatic nitrogens is 1. The molecule has 30 heavy (non-hydrogen) atoms. The van der Waals surface area contributed by atoms with Gasteiger partial charge in [-0.15, -0.1) is 0 Å². The number of H-pyrrole nitrogens is 1. The quantitative estimate of drug-likeness (QED) is 0.447. The Kier molecular flexibility index (Phi) is 5.61. The molecule has 0 aliphatic heterocycles. The van der Waals surface area contributed by atoms with Crippen molar-refractivity contribution in [3.05, 3.63) is 90.6 Å². The predicted molar refractivity (Wildman–Crippen MR) is 120 cm³/mol. The Hall–Kier alpha value is -3.86. The zero-order valence-corrected chi connectivity index (χ0v) is 16.7. The molecule has 2 amide bonds. The van der Waals surface area contributed by atoms with Crippen LogP contribution in [-0.2, 0) is 16.0 Å². The third-order valence-corrected chi connectivity index (χ3v) is 5.06. The van der Waals surface area contributed by atoms with Gasteiger partial charge < -0.3 is 15.6 Å². The molecule has 0 spiro atoms. The monoisotopic (exact) mass is 397 g/mol. The molecule has 0 bridgehead atoms. The van der Waals surface area contributed by atoms with E-state index in [9.17, 15) is 9.59 Å². The summed E-state index contributed by atoms with van der Waals surface area (Å²) < 4.78 is 0. The molecule has 3 aromatic carbocycles. The second-order valence-corrected chi connectivity index (χ2v) is 7.22. The molecule has 5 nitrogen and oxygen atoms in total. The molecule has 5 heteroatoms. The number of benzene rings is 3. The van der Waals surface area contributed by atoms with E-state index in [1.807, 2.05) is 85.1 Å². The molecule has 1 aromatic heterocycles. The maximum Gasteiger partial charge on any atom is 0.247 e. The van der Waals surface area contributed by atoms with Crippen LogP contribution in [-0.4, -0.2) is 22.8 Å².